The van der Waals surface area contributed by atoms with E-state index in [-0.39, 0.29) is 0 Å². The van der Waals surface area contributed by atoms with Gasteiger partial charge in [-0.3, -0.25) is 0 Å². The lowest BCUT2D eigenvalue weighted by atomic mass is 10.2. The molecule has 0 amide bonds. The quantitative estimate of drug-likeness (QED) is 0.720. The monoisotopic (exact) mass is 179 g/mol. The normalized spacial score (nSPS) is 11.7. The van der Waals surface area contributed by atoms with E-state index in [1.807, 2.05) is 36.9 Å². The topological polar surface area (TPSA) is 42.2 Å². The lowest BCUT2D eigenvalue weighted by molar-refractivity contribution is -0.132. The highest BCUT2D eigenvalue weighted by Gasteiger charge is 2.04. The van der Waals surface area contributed by atoms with Gasteiger partial charge in [0.1, 0.15) is 0 Å². The van der Waals surface area contributed by atoms with Crippen LogP contribution in [0.1, 0.15) is 19.0 Å². The van der Waals surface area contributed by atoms with Gasteiger partial charge in [0.15, 0.2) is 0 Å². The van der Waals surface area contributed by atoms with Gasteiger partial charge >= 0.3 is 5.97 Å². The van der Waals surface area contributed by atoms with Gasteiger partial charge in [-0.25, -0.2) is 4.79 Å². The van der Waals surface area contributed by atoms with Crippen LogP contribution in [-0.2, 0) is 11.8 Å². The van der Waals surface area contributed by atoms with Gasteiger partial charge in [-0.1, -0.05) is 6.92 Å². The fourth-order valence-electron chi connectivity index (χ4n) is 1.12. The number of carboxylic acids is 1. The van der Waals surface area contributed by atoms with Crippen LogP contribution >= 0.6 is 0 Å². The van der Waals surface area contributed by atoms with Crippen molar-refractivity contribution in [1.29, 1.82) is 0 Å². The standard InChI is InChI=1S/C10H13NO2/c1-3-8(10(12)13)7-9-5-4-6-11(9)2/h4-7H,3H2,1-2H3,(H,12,13)/b8-7+. The zero-order valence-corrected chi connectivity index (χ0v) is 7.82. The lowest BCUT2D eigenvalue weighted by Gasteiger charge is -1.99. The van der Waals surface area contributed by atoms with Crippen LogP contribution in [0.2, 0.25) is 0 Å². The molecule has 0 aliphatic rings. The third kappa shape index (κ3) is 2.21. The molecule has 0 aliphatic carbocycles. The summed E-state index contributed by atoms with van der Waals surface area (Å²) >= 11 is 0. The van der Waals surface area contributed by atoms with Crippen molar-refractivity contribution >= 4 is 12.0 Å². The minimum Gasteiger partial charge on any atom is -0.478 e. The molecule has 0 spiro atoms. The molecule has 1 heterocycles. The highest BCUT2D eigenvalue weighted by Crippen LogP contribution is 2.09. The largest absolute Gasteiger partial charge is 0.478 e. The van der Waals surface area contributed by atoms with E-state index < -0.39 is 5.97 Å². The minimum absolute atomic E-state index is 0.432. The van der Waals surface area contributed by atoms with Gasteiger partial charge in [0.05, 0.1) is 0 Å². The van der Waals surface area contributed by atoms with Crippen LogP contribution in [0.5, 0.6) is 0 Å². The van der Waals surface area contributed by atoms with E-state index in [9.17, 15) is 4.79 Å². The van der Waals surface area contributed by atoms with Crippen LogP contribution in [0.3, 0.4) is 0 Å². The Bertz CT molecular complexity index is 336. The first kappa shape index (κ1) is 9.58. The predicted molar refractivity (Wildman–Crippen MR) is 51.3 cm³/mol. The van der Waals surface area contributed by atoms with Crippen LogP contribution < -0.4 is 0 Å². The first-order valence-electron chi connectivity index (χ1n) is 4.20. The molecule has 0 bridgehead atoms. The average Bonchev–Trinajstić information content (AvgIpc) is 2.46. The molecule has 0 saturated carbocycles. The number of aryl methyl sites for hydroxylation is 1. The van der Waals surface area contributed by atoms with Crippen molar-refractivity contribution in [3.8, 4) is 0 Å². The fraction of sp³-hybridized carbons (Fsp3) is 0.300. The van der Waals surface area contributed by atoms with Gasteiger partial charge in [-0.05, 0) is 24.6 Å². The number of hydrogen-bond donors (Lipinski definition) is 1. The number of aliphatic carboxylic acids is 1. The van der Waals surface area contributed by atoms with E-state index in [4.69, 9.17) is 5.11 Å². The van der Waals surface area contributed by atoms with Gasteiger partial charge in [-0.2, -0.15) is 0 Å². The van der Waals surface area contributed by atoms with E-state index in [2.05, 4.69) is 0 Å². The molecule has 1 rings (SSSR count). The third-order valence-corrected chi connectivity index (χ3v) is 1.96. The molecular weight excluding hydrogens is 166 g/mol. The molecule has 0 aromatic carbocycles. The minimum atomic E-state index is -0.844. The van der Waals surface area contributed by atoms with E-state index in [1.54, 1.807) is 6.08 Å². The van der Waals surface area contributed by atoms with E-state index >= 15 is 0 Å². The Morgan fingerprint density at radius 3 is 2.77 bits per heavy atom. The van der Waals surface area contributed by atoms with Crippen molar-refractivity contribution in [2.45, 2.75) is 13.3 Å². The summed E-state index contributed by atoms with van der Waals surface area (Å²) in [5, 5.41) is 8.79. The number of carbonyl (C=O) groups is 1. The van der Waals surface area contributed by atoms with Crippen LogP contribution in [0, 0.1) is 0 Å². The first-order chi connectivity index (χ1) is 6.15. The fourth-order valence-corrected chi connectivity index (χ4v) is 1.12. The number of aromatic nitrogens is 1. The molecular formula is C10H13NO2. The second kappa shape index (κ2) is 3.94. The Morgan fingerprint density at radius 1 is 1.69 bits per heavy atom. The Morgan fingerprint density at radius 2 is 2.38 bits per heavy atom. The van der Waals surface area contributed by atoms with E-state index in [1.165, 1.54) is 0 Å². The number of hydrogen-bond acceptors (Lipinski definition) is 1. The van der Waals surface area contributed by atoms with Crippen molar-refractivity contribution < 1.29 is 9.90 Å². The highest BCUT2D eigenvalue weighted by atomic mass is 16.4. The molecule has 0 unspecified atom stereocenters. The van der Waals surface area contributed by atoms with Crippen LogP contribution in [-0.4, -0.2) is 15.6 Å². The van der Waals surface area contributed by atoms with Crippen molar-refractivity contribution in [3.05, 3.63) is 29.6 Å². The Balaban J connectivity index is 2.98. The highest BCUT2D eigenvalue weighted by molar-refractivity contribution is 5.91. The number of rotatable bonds is 3. The summed E-state index contributed by atoms with van der Waals surface area (Å²) in [6, 6.07) is 3.78. The molecule has 1 aromatic heterocycles. The maximum atomic E-state index is 10.7. The van der Waals surface area contributed by atoms with Crippen molar-refractivity contribution in [2.24, 2.45) is 7.05 Å². The average molecular weight is 179 g/mol. The first-order valence-corrected chi connectivity index (χ1v) is 4.20. The maximum absolute atomic E-state index is 10.7. The number of carboxylic acid groups (broad SMARTS) is 1. The summed E-state index contributed by atoms with van der Waals surface area (Å²) in [6.45, 7) is 1.84. The molecule has 0 atom stereocenters. The molecule has 0 radical (unpaired) electrons. The van der Waals surface area contributed by atoms with Gasteiger partial charge in [0.2, 0.25) is 0 Å². The summed E-state index contributed by atoms with van der Waals surface area (Å²) < 4.78 is 1.89. The van der Waals surface area contributed by atoms with E-state index in [0.29, 0.717) is 12.0 Å². The summed E-state index contributed by atoms with van der Waals surface area (Å²) in [5.74, 6) is -0.844. The molecule has 1 N–H and O–H groups in total. The molecule has 1 aromatic rings. The summed E-state index contributed by atoms with van der Waals surface area (Å²) in [7, 11) is 1.89. The smallest absolute Gasteiger partial charge is 0.331 e. The lowest BCUT2D eigenvalue weighted by Crippen LogP contribution is -2.00. The summed E-state index contributed by atoms with van der Waals surface area (Å²) in [6.07, 6.45) is 4.13. The molecule has 3 nitrogen and oxygen atoms in total. The zero-order valence-electron chi connectivity index (χ0n) is 7.82. The summed E-state index contributed by atoms with van der Waals surface area (Å²) in [5.41, 5.74) is 1.35. The van der Waals surface area contributed by atoms with Crippen molar-refractivity contribution in [2.75, 3.05) is 0 Å². The van der Waals surface area contributed by atoms with Gasteiger partial charge in [0, 0.05) is 24.5 Å². The van der Waals surface area contributed by atoms with E-state index in [0.717, 1.165) is 5.69 Å². The molecule has 13 heavy (non-hydrogen) atoms. The molecule has 3 heteroatoms. The van der Waals surface area contributed by atoms with Gasteiger partial charge in [0.25, 0.3) is 0 Å². The van der Waals surface area contributed by atoms with Crippen LogP contribution in [0.4, 0.5) is 0 Å². The summed E-state index contributed by atoms with van der Waals surface area (Å²) in [4.78, 5) is 10.7. The van der Waals surface area contributed by atoms with Gasteiger partial charge < -0.3 is 9.67 Å². The molecule has 0 aliphatic heterocycles. The van der Waals surface area contributed by atoms with Crippen molar-refractivity contribution in [1.82, 2.24) is 4.57 Å². The second-order valence-electron chi connectivity index (χ2n) is 2.87. The van der Waals surface area contributed by atoms with Crippen LogP contribution in [0.15, 0.2) is 23.9 Å². The molecule has 0 fully saturated rings. The maximum Gasteiger partial charge on any atom is 0.331 e. The second-order valence-corrected chi connectivity index (χ2v) is 2.87. The molecule has 0 saturated heterocycles. The van der Waals surface area contributed by atoms with Crippen molar-refractivity contribution in [3.63, 3.8) is 0 Å². The van der Waals surface area contributed by atoms with Crippen LogP contribution in [0.25, 0.3) is 6.08 Å². The molecule has 70 valence electrons. The third-order valence-electron chi connectivity index (χ3n) is 1.96. The SMILES string of the molecule is CC/C(=C\c1cccn1C)C(=O)O. The van der Waals surface area contributed by atoms with Gasteiger partial charge in [-0.15, -0.1) is 0 Å². The zero-order chi connectivity index (χ0) is 9.84. The number of nitrogens with zero attached hydrogens (tertiary/aromatic N) is 1. The Hall–Kier alpha value is -1.51. The Labute approximate surface area is 77.3 Å². The predicted octanol–water partition coefficient (Wildman–Crippen LogP) is 1.90. The Kier molecular flexibility index (Phi) is 2.90.